The Bertz CT molecular complexity index is 5150. The van der Waals surface area contributed by atoms with Gasteiger partial charge in [0.25, 0.3) is 11.8 Å². The summed E-state index contributed by atoms with van der Waals surface area (Å²) in [5, 5.41) is 130. The number of hydrogen-bond donors (Lipinski definition) is 20. The number of nitrogens with zero attached hydrogens (tertiary/aromatic N) is 1. The number of hydroxylamine groups is 1. The van der Waals surface area contributed by atoms with E-state index in [1.165, 1.54) is 56.7 Å². The second-order valence-electron chi connectivity index (χ2n) is 30.0. The highest BCUT2D eigenvalue weighted by atomic mass is 35.5. The third-order valence-electron chi connectivity index (χ3n) is 20.8. The largest absolute Gasteiger partial charge is 0.508 e. The quantitative estimate of drug-likeness (QED) is 0.0515. The fourth-order valence-electron chi connectivity index (χ4n) is 14.7. The van der Waals surface area contributed by atoms with E-state index in [9.17, 15) is 65.1 Å². The monoisotopic (exact) mass is 1750 g/mol. The third-order valence-corrected chi connectivity index (χ3v) is 21.9. The Morgan fingerprint density at radius 1 is 0.694 bits per heavy atom. The highest BCUT2D eigenvalue weighted by Crippen LogP contribution is 2.50. The Labute approximate surface area is 709 Å². The molecular weight excluding hydrogens is 1670 g/mol. The zero-order valence-corrected chi connectivity index (χ0v) is 68.0. The lowest BCUT2D eigenvalue weighted by atomic mass is 9.84. The van der Waals surface area contributed by atoms with E-state index in [4.69, 9.17) is 85.4 Å². The number of aliphatic hydroxyl groups is 6. The zero-order valence-electron chi connectivity index (χ0n) is 65.0. The van der Waals surface area contributed by atoms with Crippen molar-refractivity contribution in [1.29, 1.82) is 0 Å². The molecule has 2 saturated heterocycles. The minimum absolute atomic E-state index is 0.0167. The van der Waals surface area contributed by atoms with Gasteiger partial charge in [-0.2, -0.15) is 0 Å². The maximum Gasteiger partial charge on any atom is 0.270 e. The smallest absolute Gasteiger partial charge is 0.270 e. The SMILES string of the molecule is CN[C@H](CC(C)C)C(=O)N[C@H]1C(=O)N[C@@H](CC(N)=O)C(=O)N[C@H]2C(=O)N[C@H]3C(=O)N[C@H](C(=O)N[C@@H](C(=O)NOC)c4cc(O)cc(O)c4-c4cc3ccc4O)[C@H](O)c3ccc(c(Cl)c3)Oc3cc2cc(c3O[C@@H]2O[C@H](CO)[C@@H](O)[C@H](O)[C@H]2O[C@H]2C[C@](C)(NCc3cncc(NC(=O)c4cc(Cl)cc(Cl)c4)c3)[C@H](O)[C@H](C)O2)Oc2ccc(cc2Cl)[C@H]1O. The molecule has 8 heterocycles. The van der Waals surface area contributed by atoms with E-state index in [0.29, 0.717) is 5.56 Å². The Kier molecular flexibility index (Phi) is 27.8. The first-order valence-corrected chi connectivity index (χ1v) is 39.2. The Hall–Kier alpha value is -10.8. The van der Waals surface area contributed by atoms with Gasteiger partial charge in [0, 0.05) is 57.5 Å². The summed E-state index contributed by atoms with van der Waals surface area (Å²) in [6.07, 6.45) is -16.4. The van der Waals surface area contributed by atoms with E-state index in [1.54, 1.807) is 13.0 Å². The fraction of sp³-hybridized carbons (Fsp3) is 0.375. The van der Waals surface area contributed by atoms with Gasteiger partial charge in [0.1, 0.15) is 95.5 Å². The molecule has 0 radical (unpaired) electrons. The number of phenols is 3. The summed E-state index contributed by atoms with van der Waals surface area (Å²) in [5.41, 5.74) is 4.79. The fourth-order valence-corrected chi connectivity index (χ4v) is 15.6. The molecule has 9 amide bonds. The van der Waals surface area contributed by atoms with E-state index in [0.717, 1.165) is 73.8 Å². The van der Waals surface area contributed by atoms with Crippen LogP contribution >= 0.6 is 46.4 Å². The van der Waals surface area contributed by atoms with Gasteiger partial charge in [-0.05, 0) is 145 Å². The second-order valence-corrected chi connectivity index (χ2v) is 31.7. The van der Waals surface area contributed by atoms with E-state index in [-0.39, 0.29) is 74.1 Å². The first-order chi connectivity index (χ1) is 57.4. The number of pyridine rings is 1. The Balaban J connectivity index is 1.03. The van der Waals surface area contributed by atoms with E-state index >= 15 is 24.0 Å². The summed E-state index contributed by atoms with van der Waals surface area (Å²) < 4.78 is 39.5. The third kappa shape index (κ3) is 20.0. The molecule has 7 aliphatic heterocycles. The minimum atomic E-state index is -2.38. The lowest BCUT2D eigenvalue weighted by molar-refractivity contribution is -0.334. The molecule has 11 bridgehead atoms. The topological polar surface area (TPSA) is 560 Å². The number of aromatic hydroxyl groups is 3. The number of ether oxygens (including phenoxy) is 6. The number of carbonyl (C=O) groups is 9. The highest BCUT2D eigenvalue weighted by Gasteiger charge is 2.52. The molecule has 121 heavy (non-hydrogen) atoms. The average molecular weight is 1760 g/mol. The molecule has 6 aromatic carbocycles. The predicted molar refractivity (Wildman–Crippen MR) is 428 cm³/mol. The number of carbonyl (C=O) groups excluding carboxylic acids is 9. The maximum atomic E-state index is 16.3. The van der Waals surface area contributed by atoms with Crippen molar-refractivity contribution in [3.63, 3.8) is 0 Å². The van der Waals surface area contributed by atoms with Gasteiger partial charge in [-0.15, -0.1) is 0 Å². The van der Waals surface area contributed by atoms with Gasteiger partial charge in [-0.25, -0.2) is 5.48 Å². The average Bonchev–Trinajstić information content (AvgIpc) is 0.764. The van der Waals surface area contributed by atoms with Crippen LogP contribution in [-0.2, 0) is 63.9 Å². The van der Waals surface area contributed by atoms with Crippen molar-refractivity contribution in [3.05, 3.63) is 175 Å². The molecule has 1 aromatic heterocycles. The van der Waals surface area contributed by atoms with Crippen LogP contribution in [0.25, 0.3) is 11.1 Å². The second kappa shape index (κ2) is 37.7. The van der Waals surface area contributed by atoms with Crippen LogP contribution < -0.4 is 73.3 Å². The Morgan fingerprint density at radius 2 is 1.33 bits per heavy atom. The predicted octanol–water partition coefficient (Wildman–Crippen LogP) is 3.48. The summed E-state index contributed by atoms with van der Waals surface area (Å²) in [6, 6.07) is 5.61. The maximum absolute atomic E-state index is 16.3. The molecule has 2 fully saturated rings. The first-order valence-electron chi connectivity index (χ1n) is 37.7. The summed E-state index contributed by atoms with van der Waals surface area (Å²) >= 11 is 26.7. The van der Waals surface area contributed by atoms with Crippen LogP contribution in [0.3, 0.4) is 0 Å². The molecule has 7 aromatic rings. The minimum Gasteiger partial charge on any atom is -0.508 e. The van der Waals surface area contributed by atoms with Gasteiger partial charge in [-0.3, -0.25) is 53.0 Å². The standard InChI is InChI=1S/C80H86Cl4N12O25/c1-31(2)13-47(86-5)72(108)94-62-64(102)35-8-11-51(45(83)18-35)117-53-20-37-21-54(68(53)121-79-69(67(105)66(104)55(30-97)119-79)120-57-26-80(4,70(106)32(3)116-57)88-28-33-14-41(29-87-27-33)89-71(107)38-15-39(81)22-40(82)16-38)118-52-12-9-36(19-46(52)84)65(103)63-77(113)93-61(78(114)96-115-6)44-23-42(98)24-50(100)58(44)43-17-34(7-10-49(43)99)59(74(110)95-63)92-75(111)60(37)91-73(109)48(25-56(85)101)90-76(62)112/h7-12,14-24,27,29,31-32,47-48,55,57,59-67,69-70,79,86,88,97-100,102-106H,13,25-26,28,30H2,1-6H3,(H2,85,101)(H,89,107)(H,90,112)(H,91,109)(H,92,111)(H,93,113)(H,94,108)(H,95,110)(H,96,114)/t32-,47+,48-,55+,57-,59+,60+,61+,62+,63-,64+,65+,66+,67-,69+,70+,79-,80-/m0/s1. The van der Waals surface area contributed by atoms with Gasteiger partial charge >= 0.3 is 0 Å². The number of halogens is 4. The number of primary amides is 1. The van der Waals surface area contributed by atoms with Crippen molar-refractivity contribution in [2.24, 2.45) is 11.7 Å². The molecule has 41 heteroatoms. The summed E-state index contributed by atoms with van der Waals surface area (Å²) in [6.45, 7) is 5.76. The number of aliphatic hydroxyl groups excluding tert-OH is 6. The Morgan fingerprint density at radius 3 is 1.96 bits per heavy atom. The molecule has 0 aliphatic carbocycles. The van der Waals surface area contributed by atoms with Gasteiger partial charge in [0.15, 0.2) is 23.9 Å². The number of hydrogen-bond acceptors (Lipinski definition) is 28. The molecule has 18 atom stereocenters. The van der Waals surface area contributed by atoms with Crippen LogP contribution in [-0.4, -0.2) is 204 Å². The van der Waals surface area contributed by atoms with Crippen molar-refractivity contribution in [2.75, 3.05) is 26.1 Å². The van der Waals surface area contributed by atoms with Crippen molar-refractivity contribution in [3.8, 4) is 57.1 Å². The zero-order chi connectivity index (χ0) is 87.5. The van der Waals surface area contributed by atoms with E-state index < -0.39 is 243 Å². The molecule has 37 nitrogen and oxygen atoms in total. The van der Waals surface area contributed by atoms with Crippen molar-refractivity contribution >= 4 is 105 Å². The molecule has 0 unspecified atom stereocenters. The van der Waals surface area contributed by atoms with Crippen molar-refractivity contribution in [2.45, 2.75) is 163 Å². The number of likely N-dealkylation sites (N-methyl/N-ethyl adjacent to an activating group) is 1. The number of aromatic nitrogens is 1. The summed E-state index contributed by atoms with van der Waals surface area (Å²) in [4.78, 5) is 142. The molecule has 0 spiro atoms. The number of phenolic OH excluding ortho intramolecular Hbond substituents is 3. The highest BCUT2D eigenvalue weighted by molar-refractivity contribution is 6.35. The van der Waals surface area contributed by atoms with Crippen LogP contribution in [0.4, 0.5) is 5.69 Å². The van der Waals surface area contributed by atoms with Crippen LogP contribution in [0.15, 0.2) is 116 Å². The van der Waals surface area contributed by atoms with Crippen LogP contribution in [0.1, 0.15) is 121 Å². The van der Waals surface area contributed by atoms with Gasteiger partial charge in [0.05, 0.1) is 60.3 Å². The van der Waals surface area contributed by atoms with Gasteiger partial charge in [-0.1, -0.05) is 78.5 Å². The number of fused-ring (bicyclic) bond motifs is 15. The number of nitrogens with one attached hydrogen (secondary N) is 10. The number of anilines is 1. The van der Waals surface area contributed by atoms with E-state index in [2.05, 4.69) is 58.3 Å². The number of amides is 9. The van der Waals surface area contributed by atoms with Crippen molar-refractivity contribution in [1.82, 2.24) is 53.0 Å². The first kappa shape index (κ1) is 89.4. The van der Waals surface area contributed by atoms with Crippen LogP contribution in [0.5, 0.6) is 46.0 Å². The molecule has 0 saturated carbocycles. The van der Waals surface area contributed by atoms with Crippen molar-refractivity contribution < 1.29 is 122 Å². The number of rotatable bonds is 19. The van der Waals surface area contributed by atoms with Gasteiger partial charge < -0.3 is 128 Å². The van der Waals surface area contributed by atoms with Crippen LogP contribution in [0, 0.1) is 5.92 Å². The van der Waals surface area contributed by atoms with Gasteiger partial charge in [0.2, 0.25) is 53.4 Å². The molecule has 7 aliphatic rings. The normalized spacial score (nSPS) is 26.4. The van der Waals surface area contributed by atoms with E-state index in [1.807, 2.05) is 13.8 Å². The molecular formula is C80H86Cl4N12O25. The lowest BCUT2D eigenvalue weighted by Gasteiger charge is -2.48. The summed E-state index contributed by atoms with van der Waals surface area (Å²) in [7, 11) is 2.51. The number of benzene rings is 6. The lowest BCUT2D eigenvalue weighted by Crippen LogP contribution is -2.65. The summed E-state index contributed by atoms with van der Waals surface area (Å²) in [5.74, 6) is -15.9. The molecule has 14 rings (SSSR count). The van der Waals surface area contributed by atoms with Crippen LogP contribution in [0.2, 0.25) is 20.1 Å². The number of nitrogens with two attached hydrogens (primary N) is 1. The molecule has 21 N–H and O–H groups in total. The molecule has 644 valence electrons.